The van der Waals surface area contributed by atoms with Gasteiger partial charge in [-0.1, -0.05) is 29.8 Å². The van der Waals surface area contributed by atoms with Gasteiger partial charge in [-0.3, -0.25) is 9.59 Å². The Bertz CT molecular complexity index is 770. The molecule has 2 aromatic carbocycles. The Hall–Kier alpha value is -2.33. The van der Waals surface area contributed by atoms with E-state index >= 15 is 0 Å². The molecule has 3 rings (SSSR count). The minimum atomic E-state index is -0.168. The fourth-order valence-electron chi connectivity index (χ4n) is 3.01. The van der Waals surface area contributed by atoms with Gasteiger partial charge in [-0.15, -0.1) is 0 Å². The lowest BCUT2D eigenvalue weighted by atomic mass is 10.1. The van der Waals surface area contributed by atoms with Crippen molar-refractivity contribution >= 4 is 23.4 Å². The molecule has 1 aliphatic heterocycles. The van der Waals surface area contributed by atoms with E-state index in [1.807, 2.05) is 29.2 Å². The fourth-order valence-corrected chi connectivity index (χ4v) is 3.22. The van der Waals surface area contributed by atoms with Gasteiger partial charge in [0.25, 0.3) is 11.8 Å². The largest absolute Gasteiger partial charge is 0.352 e. The van der Waals surface area contributed by atoms with Crippen LogP contribution in [0.25, 0.3) is 0 Å². The van der Waals surface area contributed by atoms with E-state index in [0.29, 0.717) is 29.1 Å². The second-order valence-corrected chi connectivity index (χ2v) is 6.65. The summed E-state index contributed by atoms with van der Waals surface area (Å²) in [5.74, 6) is -0.163. The maximum atomic E-state index is 12.4. The molecule has 0 aliphatic carbocycles. The molecular formula is C20H21ClN2O2. The summed E-state index contributed by atoms with van der Waals surface area (Å²) in [4.78, 5) is 26.6. The van der Waals surface area contributed by atoms with Crippen molar-refractivity contribution in [3.63, 3.8) is 0 Å². The van der Waals surface area contributed by atoms with Gasteiger partial charge in [0.2, 0.25) is 0 Å². The number of carbonyl (C=O) groups excluding carboxylic acids is 2. The summed E-state index contributed by atoms with van der Waals surface area (Å²) in [7, 11) is 0. The van der Waals surface area contributed by atoms with Gasteiger partial charge in [-0.25, -0.2) is 0 Å². The van der Waals surface area contributed by atoms with Gasteiger partial charge in [0, 0.05) is 35.8 Å². The molecule has 130 valence electrons. The van der Waals surface area contributed by atoms with E-state index in [1.165, 1.54) is 0 Å². The third-order valence-corrected chi connectivity index (χ3v) is 4.59. The first kappa shape index (κ1) is 17.5. The van der Waals surface area contributed by atoms with E-state index in [0.717, 1.165) is 31.5 Å². The van der Waals surface area contributed by atoms with Crippen LogP contribution in [0.5, 0.6) is 0 Å². The molecule has 0 saturated carbocycles. The quantitative estimate of drug-likeness (QED) is 0.890. The molecule has 0 aromatic heterocycles. The lowest BCUT2D eigenvalue weighted by molar-refractivity contribution is 0.0793. The predicted molar refractivity (Wildman–Crippen MR) is 99.1 cm³/mol. The van der Waals surface area contributed by atoms with Crippen LogP contribution in [0.15, 0.2) is 48.5 Å². The van der Waals surface area contributed by atoms with Gasteiger partial charge in [-0.05, 0) is 55.2 Å². The summed E-state index contributed by atoms with van der Waals surface area (Å²) < 4.78 is 0. The molecule has 2 aromatic rings. The number of benzene rings is 2. The number of hydrogen-bond acceptors (Lipinski definition) is 2. The summed E-state index contributed by atoms with van der Waals surface area (Å²) in [6.07, 6.45) is 2.81. The summed E-state index contributed by atoms with van der Waals surface area (Å²) in [5, 5.41) is 3.59. The van der Waals surface area contributed by atoms with Crippen LogP contribution in [-0.2, 0) is 6.42 Å². The van der Waals surface area contributed by atoms with E-state index in [2.05, 4.69) is 5.32 Å². The molecule has 0 unspecified atom stereocenters. The van der Waals surface area contributed by atoms with Crippen molar-refractivity contribution in [2.24, 2.45) is 0 Å². The van der Waals surface area contributed by atoms with E-state index in [1.54, 1.807) is 24.3 Å². The molecule has 1 heterocycles. The average Bonchev–Trinajstić information content (AvgIpc) is 3.16. The van der Waals surface area contributed by atoms with Gasteiger partial charge in [-0.2, -0.15) is 0 Å². The highest BCUT2D eigenvalue weighted by molar-refractivity contribution is 6.30. The first-order valence-electron chi connectivity index (χ1n) is 8.55. The Balaban J connectivity index is 1.58. The molecular weight excluding hydrogens is 336 g/mol. The zero-order chi connectivity index (χ0) is 17.6. The standard InChI is InChI=1S/C20H21ClN2O2/c21-18-8-3-5-15(13-18)9-10-22-19(24)16-6-4-7-17(14-16)20(25)23-11-1-2-12-23/h3-8,13-14H,1-2,9-12H2,(H,22,24). The number of nitrogens with zero attached hydrogens (tertiary/aromatic N) is 1. The highest BCUT2D eigenvalue weighted by atomic mass is 35.5. The maximum Gasteiger partial charge on any atom is 0.253 e. The lowest BCUT2D eigenvalue weighted by Gasteiger charge is -2.15. The Morgan fingerprint density at radius 1 is 1.00 bits per heavy atom. The number of hydrogen-bond donors (Lipinski definition) is 1. The van der Waals surface area contributed by atoms with Crippen LogP contribution >= 0.6 is 11.6 Å². The third kappa shape index (κ3) is 4.60. The Labute approximate surface area is 152 Å². The molecule has 1 aliphatic rings. The monoisotopic (exact) mass is 356 g/mol. The van der Waals surface area contributed by atoms with E-state index in [-0.39, 0.29) is 11.8 Å². The number of likely N-dealkylation sites (tertiary alicyclic amines) is 1. The second-order valence-electron chi connectivity index (χ2n) is 6.22. The second kappa shape index (κ2) is 8.17. The van der Waals surface area contributed by atoms with Crippen LogP contribution in [0.1, 0.15) is 39.1 Å². The molecule has 5 heteroatoms. The molecule has 0 spiro atoms. The van der Waals surface area contributed by atoms with Gasteiger partial charge < -0.3 is 10.2 Å². The van der Waals surface area contributed by atoms with Crippen molar-refractivity contribution in [1.29, 1.82) is 0 Å². The lowest BCUT2D eigenvalue weighted by Crippen LogP contribution is -2.29. The van der Waals surface area contributed by atoms with Crippen LogP contribution in [-0.4, -0.2) is 36.3 Å². The molecule has 4 nitrogen and oxygen atoms in total. The molecule has 25 heavy (non-hydrogen) atoms. The summed E-state index contributed by atoms with van der Waals surface area (Å²) in [5.41, 5.74) is 2.16. The Morgan fingerprint density at radius 3 is 2.48 bits per heavy atom. The zero-order valence-electron chi connectivity index (χ0n) is 14.0. The van der Waals surface area contributed by atoms with Crippen molar-refractivity contribution in [3.05, 3.63) is 70.2 Å². The average molecular weight is 357 g/mol. The summed E-state index contributed by atoms with van der Waals surface area (Å²) in [6, 6.07) is 14.5. The number of halogens is 1. The molecule has 2 amide bonds. The van der Waals surface area contributed by atoms with Gasteiger partial charge in [0.15, 0.2) is 0 Å². The third-order valence-electron chi connectivity index (χ3n) is 4.35. The van der Waals surface area contributed by atoms with Gasteiger partial charge >= 0.3 is 0 Å². The SMILES string of the molecule is O=C(NCCc1cccc(Cl)c1)c1cccc(C(=O)N2CCCC2)c1. The van der Waals surface area contributed by atoms with Crippen LogP contribution in [0, 0.1) is 0 Å². The molecule has 1 N–H and O–H groups in total. The Morgan fingerprint density at radius 2 is 1.72 bits per heavy atom. The minimum Gasteiger partial charge on any atom is -0.352 e. The van der Waals surface area contributed by atoms with Crippen molar-refractivity contribution in [2.75, 3.05) is 19.6 Å². The Kier molecular flexibility index (Phi) is 5.71. The number of carbonyl (C=O) groups is 2. The zero-order valence-corrected chi connectivity index (χ0v) is 14.8. The van der Waals surface area contributed by atoms with Crippen molar-refractivity contribution in [3.8, 4) is 0 Å². The minimum absolute atomic E-state index is 0.00563. The van der Waals surface area contributed by atoms with Crippen LogP contribution in [0.2, 0.25) is 5.02 Å². The number of nitrogens with one attached hydrogen (secondary N) is 1. The molecule has 0 radical (unpaired) electrons. The predicted octanol–water partition coefficient (Wildman–Crippen LogP) is 3.55. The van der Waals surface area contributed by atoms with Crippen molar-refractivity contribution in [1.82, 2.24) is 10.2 Å². The van der Waals surface area contributed by atoms with E-state index < -0.39 is 0 Å². The van der Waals surface area contributed by atoms with E-state index in [9.17, 15) is 9.59 Å². The summed E-state index contributed by atoms with van der Waals surface area (Å²) in [6.45, 7) is 2.12. The first-order valence-corrected chi connectivity index (χ1v) is 8.93. The molecule has 1 saturated heterocycles. The molecule has 0 atom stereocenters. The number of amides is 2. The maximum absolute atomic E-state index is 12.4. The van der Waals surface area contributed by atoms with Crippen LogP contribution in [0.4, 0.5) is 0 Å². The smallest absolute Gasteiger partial charge is 0.253 e. The molecule has 1 fully saturated rings. The first-order chi connectivity index (χ1) is 12.1. The van der Waals surface area contributed by atoms with Gasteiger partial charge in [0.05, 0.1) is 0 Å². The van der Waals surface area contributed by atoms with E-state index in [4.69, 9.17) is 11.6 Å². The van der Waals surface area contributed by atoms with Crippen LogP contribution in [0.3, 0.4) is 0 Å². The van der Waals surface area contributed by atoms with Gasteiger partial charge in [0.1, 0.15) is 0 Å². The topological polar surface area (TPSA) is 49.4 Å². The number of rotatable bonds is 5. The fraction of sp³-hybridized carbons (Fsp3) is 0.300. The van der Waals surface area contributed by atoms with Crippen LogP contribution < -0.4 is 5.32 Å². The molecule has 0 bridgehead atoms. The highest BCUT2D eigenvalue weighted by Crippen LogP contribution is 2.14. The normalized spacial score (nSPS) is 13.7. The summed E-state index contributed by atoms with van der Waals surface area (Å²) >= 11 is 5.96. The highest BCUT2D eigenvalue weighted by Gasteiger charge is 2.20. The van der Waals surface area contributed by atoms with Crippen molar-refractivity contribution < 1.29 is 9.59 Å². The van der Waals surface area contributed by atoms with Crippen molar-refractivity contribution in [2.45, 2.75) is 19.3 Å².